The summed E-state index contributed by atoms with van der Waals surface area (Å²) in [6.45, 7) is 0. The van der Waals surface area contributed by atoms with Crippen molar-refractivity contribution in [3.8, 4) is 71.0 Å². The van der Waals surface area contributed by atoms with Gasteiger partial charge in [-0.2, -0.15) is 0 Å². The zero-order chi connectivity index (χ0) is 45.7. The van der Waals surface area contributed by atoms with E-state index in [9.17, 15) is 0 Å². The minimum atomic E-state index is 0.788. The van der Waals surface area contributed by atoms with E-state index in [1.54, 1.807) is 51.1 Å². The molecule has 3 aromatic heterocycles. The van der Waals surface area contributed by atoms with Crippen LogP contribution in [0.1, 0.15) is 0 Å². The van der Waals surface area contributed by atoms with Crippen LogP contribution in [0.25, 0.3) is 48.0 Å². The van der Waals surface area contributed by atoms with Crippen LogP contribution in [0.2, 0.25) is 0 Å². The molecule has 0 N–H and O–H groups in total. The molecule has 0 bridgehead atoms. The Bertz CT molecular complexity index is 2910. The maximum atomic E-state index is 5.45. The van der Waals surface area contributed by atoms with Crippen LogP contribution in [-0.2, 0) is 0 Å². The first kappa shape index (κ1) is 42.8. The summed E-state index contributed by atoms with van der Waals surface area (Å²) >= 11 is 3.40. The minimum absolute atomic E-state index is 0.788. The van der Waals surface area contributed by atoms with Gasteiger partial charge in [0.15, 0.2) is 11.6 Å². The summed E-state index contributed by atoms with van der Waals surface area (Å²) in [6.07, 6.45) is 0. The summed E-state index contributed by atoms with van der Waals surface area (Å²) in [5, 5.41) is 9.70. The molecule has 11 heteroatoms. The Labute approximate surface area is 397 Å². The first-order chi connectivity index (χ1) is 33.0. The molecule has 0 unspecified atom stereocenters. The third-order valence-electron chi connectivity index (χ3n) is 11.5. The van der Waals surface area contributed by atoms with Crippen LogP contribution < -0.4 is 28.7 Å². The average Bonchev–Trinajstić information content (AvgIpc) is 4.20. The molecular weight excluding hydrogens is 871 g/mol. The number of aromatic nitrogens is 3. The van der Waals surface area contributed by atoms with Gasteiger partial charge in [0.1, 0.15) is 23.0 Å². The average molecular weight is 916 g/mol. The zero-order valence-corrected chi connectivity index (χ0v) is 38.9. The van der Waals surface area contributed by atoms with Crippen molar-refractivity contribution in [2.75, 3.05) is 38.2 Å². The molecule has 0 radical (unpaired) electrons. The van der Waals surface area contributed by atoms with Crippen LogP contribution in [0, 0.1) is 0 Å². The molecule has 0 saturated carbocycles. The lowest BCUT2D eigenvalue weighted by molar-refractivity contribution is 0.414. The predicted octanol–water partition coefficient (Wildman–Crippen LogP) is 15.0. The molecule has 10 rings (SSSR count). The van der Waals surface area contributed by atoms with Gasteiger partial charge in [0, 0.05) is 49.6 Å². The summed E-state index contributed by atoms with van der Waals surface area (Å²) in [4.78, 5) is 8.74. The van der Waals surface area contributed by atoms with Gasteiger partial charge in [0.2, 0.25) is 0 Å². The number of methoxy groups -OCH3 is 4. The van der Waals surface area contributed by atoms with Crippen molar-refractivity contribution in [3.05, 3.63) is 200 Å². The molecule has 0 saturated heterocycles. The van der Waals surface area contributed by atoms with E-state index in [0.717, 1.165) is 105 Å². The molecule has 9 nitrogen and oxygen atoms in total. The Hall–Kier alpha value is -8.12. The second kappa shape index (κ2) is 19.2. The van der Waals surface area contributed by atoms with Crippen molar-refractivity contribution in [1.82, 2.24) is 14.8 Å². The highest BCUT2D eigenvalue weighted by Gasteiger charge is 2.22. The molecule has 0 aliphatic carbocycles. The number of rotatable bonds is 15. The number of hydrogen-bond acceptors (Lipinski definition) is 10. The van der Waals surface area contributed by atoms with Crippen molar-refractivity contribution >= 4 is 56.8 Å². The molecule has 0 spiro atoms. The molecule has 3 heterocycles. The van der Waals surface area contributed by atoms with E-state index in [0.29, 0.717) is 0 Å². The Kier molecular flexibility index (Phi) is 12.2. The molecule has 67 heavy (non-hydrogen) atoms. The van der Waals surface area contributed by atoms with Crippen LogP contribution in [0.4, 0.5) is 34.1 Å². The highest BCUT2D eigenvalue weighted by molar-refractivity contribution is 7.19. The van der Waals surface area contributed by atoms with E-state index < -0.39 is 0 Å². The van der Waals surface area contributed by atoms with Gasteiger partial charge < -0.3 is 28.7 Å². The van der Waals surface area contributed by atoms with Crippen molar-refractivity contribution < 1.29 is 18.9 Å². The molecule has 330 valence electrons. The van der Waals surface area contributed by atoms with E-state index in [1.807, 2.05) is 66.7 Å². The largest absolute Gasteiger partial charge is 0.497 e. The molecule has 0 atom stereocenters. The summed E-state index contributed by atoms with van der Waals surface area (Å²) in [7, 11) is 6.72. The van der Waals surface area contributed by atoms with Crippen LogP contribution in [0.15, 0.2) is 200 Å². The number of ether oxygens (including phenoxy) is 4. The van der Waals surface area contributed by atoms with Gasteiger partial charge in [-0.15, -0.1) is 32.9 Å². The van der Waals surface area contributed by atoms with E-state index in [1.165, 1.54) is 0 Å². The summed E-state index contributed by atoms with van der Waals surface area (Å²) in [5.41, 5.74) is 9.33. The van der Waals surface area contributed by atoms with Gasteiger partial charge in [-0.05, 0) is 169 Å². The van der Waals surface area contributed by atoms with Crippen LogP contribution in [0.5, 0.6) is 23.0 Å². The minimum Gasteiger partial charge on any atom is -0.497 e. The lowest BCUT2D eigenvalue weighted by Gasteiger charge is -2.26. The van der Waals surface area contributed by atoms with Crippen molar-refractivity contribution in [1.29, 1.82) is 0 Å². The van der Waals surface area contributed by atoms with E-state index in [-0.39, 0.29) is 0 Å². The maximum Gasteiger partial charge on any atom is 0.178 e. The van der Waals surface area contributed by atoms with E-state index >= 15 is 0 Å². The number of thiophene rings is 2. The zero-order valence-electron chi connectivity index (χ0n) is 37.2. The van der Waals surface area contributed by atoms with Crippen LogP contribution in [-0.4, -0.2) is 43.2 Å². The Morgan fingerprint density at radius 1 is 0.328 bits per heavy atom. The predicted molar refractivity (Wildman–Crippen MR) is 274 cm³/mol. The number of hydrogen-bond donors (Lipinski definition) is 0. The molecule has 0 aliphatic heterocycles. The van der Waals surface area contributed by atoms with Gasteiger partial charge in [-0.3, -0.25) is 4.57 Å². The second-order valence-corrected chi connectivity index (χ2v) is 17.6. The monoisotopic (exact) mass is 915 g/mol. The van der Waals surface area contributed by atoms with Crippen LogP contribution >= 0.6 is 22.7 Å². The normalized spacial score (nSPS) is 11.0. The van der Waals surface area contributed by atoms with Crippen LogP contribution in [0.3, 0.4) is 0 Å². The van der Waals surface area contributed by atoms with Crippen molar-refractivity contribution in [2.24, 2.45) is 0 Å². The second-order valence-electron chi connectivity index (χ2n) is 15.4. The molecule has 7 aromatic carbocycles. The Morgan fingerprint density at radius 2 is 0.612 bits per heavy atom. The summed E-state index contributed by atoms with van der Waals surface area (Å²) in [6, 6.07) is 68.7. The third kappa shape index (κ3) is 8.85. The Morgan fingerprint density at radius 3 is 0.910 bits per heavy atom. The van der Waals surface area contributed by atoms with Gasteiger partial charge in [-0.25, -0.2) is 0 Å². The fourth-order valence-electron chi connectivity index (χ4n) is 8.02. The number of para-hydroxylation sites is 1. The molecule has 0 aliphatic rings. The smallest absolute Gasteiger partial charge is 0.178 e. The van der Waals surface area contributed by atoms with E-state index in [2.05, 4.69) is 148 Å². The summed E-state index contributed by atoms with van der Waals surface area (Å²) in [5.74, 6) is 4.80. The van der Waals surface area contributed by atoms with Gasteiger partial charge in [0.25, 0.3) is 0 Å². The lowest BCUT2D eigenvalue weighted by atomic mass is 10.1. The van der Waals surface area contributed by atoms with Crippen molar-refractivity contribution in [2.45, 2.75) is 0 Å². The molecule has 10 aromatic rings. The fraction of sp³-hybridized carbons (Fsp3) is 0.0714. The molecular formula is C56H45N5O4S2. The number of anilines is 6. The quantitative estimate of drug-likeness (QED) is 0.101. The van der Waals surface area contributed by atoms with Gasteiger partial charge >= 0.3 is 0 Å². The van der Waals surface area contributed by atoms with Gasteiger partial charge in [0.05, 0.1) is 38.2 Å². The van der Waals surface area contributed by atoms with Gasteiger partial charge in [-0.1, -0.05) is 42.5 Å². The SMILES string of the molecule is COc1ccc(N(c2ccc(OC)cc2)c2ccc(-c3ccc(-c4nnc(-c5ccc(-c6ccc(N(c7ccc(OC)cc7)c7ccc(OC)cc7)cc6)s5)n4-c4ccccc4)s3)cc2)cc1. The fourth-order valence-corrected chi connectivity index (χ4v) is 9.99. The Balaban J connectivity index is 0.936. The van der Waals surface area contributed by atoms with E-state index in [4.69, 9.17) is 29.1 Å². The topological polar surface area (TPSA) is 74.1 Å². The van der Waals surface area contributed by atoms with Crippen molar-refractivity contribution in [3.63, 3.8) is 0 Å². The highest BCUT2D eigenvalue weighted by atomic mass is 32.1. The molecule has 0 fully saturated rings. The summed E-state index contributed by atoms with van der Waals surface area (Å²) < 4.78 is 24.0. The maximum absolute atomic E-state index is 5.45. The third-order valence-corrected chi connectivity index (χ3v) is 13.7. The first-order valence-corrected chi connectivity index (χ1v) is 23.2. The first-order valence-electron chi connectivity index (χ1n) is 21.6. The number of nitrogens with zero attached hydrogens (tertiary/aromatic N) is 5. The number of benzene rings is 7. The lowest BCUT2D eigenvalue weighted by Crippen LogP contribution is -2.09. The standard InChI is InChI=1S/C56H45N5O4S2/c1-62-47-26-18-43(19-27-47)59(44-20-28-48(63-2)29-21-44)41-14-10-38(11-15-41)51-34-36-53(66-51)55-57-58-56(61(55)40-8-6-5-7-9-40)54-37-35-52(67-54)39-12-16-42(17-13-39)60(45-22-30-49(64-3)31-23-45)46-24-32-50(65-4)33-25-46/h5-37H,1-4H3. The highest BCUT2D eigenvalue weighted by Crippen LogP contribution is 2.43. The molecule has 0 amide bonds.